The number of aliphatic hydroxyl groups is 1. The molecule has 0 aromatic heterocycles. The Hall–Kier alpha value is 0.236. The molecule has 0 aromatic carbocycles. The second-order valence-electron chi connectivity index (χ2n) is 5.96. The van der Waals surface area contributed by atoms with Crippen molar-refractivity contribution in [2.45, 2.75) is 70.9 Å². The molecule has 0 aromatic rings. The monoisotopic (exact) mass is 368 g/mol. The second-order valence-corrected chi connectivity index (χ2v) is 5.96. The molecule has 0 spiro atoms. The Bertz CT molecular complexity index is 367. The van der Waals surface area contributed by atoms with Gasteiger partial charge in [0.15, 0.2) is 12.8 Å². The average Bonchev–Trinajstić information content (AvgIpc) is 2.50. The predicted molar refractivity (Wildman–Crippen MR) is 86.3 cm³/mol. The molecule has 0 aliphatic carbocycles. The normalized spacial score (nSPS) is 15.6. The molecule has 0 fully saturated rings. The quantitative estimate of drug-likeness (QED) is 0.125. The van der Waals surface area contributed by atoms with Crippen LogP contribution in [0.25, 0.3) is 0 Å². The van der Waals surface area contributed by atoms with E-state index in [2.05, 4.69) is 6.58 Å². The Balaban J connectivity index is 0. The summed E-state index contributed by atoms with van der Waals surface area (Å²) in [6.45, 7) is 6.86. The summed E-state index contributed by atoms with van der Waals surface area (Å²) < 4.78 is -0.355. The van der Waals surface area contributed by atoms with Gasteiger partial charge in [0.1, 0.15) is 6.04 Å². The fourth-order valence-electron chi connectivity index (χ4n) is 3.34. The topological polar surface area (TPSA) is 97.7 Å². The molecule has 0 rings (SSSR count). The third-order valence-electron chi connectivity index (χ3n) is 4.57. The van der Waals surface area contributed by atoms with Crippen LogP contribution in [-0.4, -0.2) is 52.0 Å². The number of aliphatic hydroxyl groups excluding tert-OH is 1. The molecule has 0 heterocycles. The second kappa shape index (κ2) is 14.4. The summed E-state index contributed by atoms with van der Waals surface area (Å²) in [5.41, 5.74) is 0. The van der Waals surface area contributed by atoms with Crippen LogP contribution in [0.4, 0.5) is 0 Å². The fraction of sp³-hybridized carbons (Fsp3) is 0.765. The maximum absolute atomic E-state index is 11.6. The van der Waals surface area contributed by atoms with Crippen molar-refractivity contribution in [3.8, 4) is 0 Å². The molecule has 134 valence electrons. The Kier molecular flexibility index (Phi) is 15.9. The van der Waals surface area contributed by atoms with Gasteiger partial charge in [0.05, 0.1) is 12.5 Å². The Labute approximate surface area is 187 Å². The first-order valence-corrected chi connectivity index (χ1v) is 8.43. The third kappa shape index (κ3) is 7.64. The van der Waals surface area contributed by atoms with Crippen molar-refractivity contribution in [1.82, 2.24) is 0 Å². The summed E-state index contributed by atoms with van der Waals surface area (Å²) in [6, 6.07) is -1.97. The van der Waals surface area contributed by atoms with Gasteiger partial charge in [-0.1, -0.05) is 26.3 Å². The summed E-state index contributed by atoms with van der Waals surface area (Å²) in [5.74, 6) is -2.37. The molecule has 0 saturated heterocycles. The number of carboxylic acids is 2. The van der Waals surface area contributed by atoms with E-state index in [1.54, 1.807) is 13.8 Å². The summed E-state index contributed by atoms with van der Waals surface area (Å²) in [5, 5.41) is 30.9. The summed E-state index contributed by atoms with van der Waals surface area (Å²) in [4.78, 5) is 23.1. The molecule has 2 N–H and O–H groups in total. The Morgan fingerprint density at radius 3 is 2.04 bits per heavy atom. The zero-order chi connectivity index (χ0) is 17.9. The van der Waals surface area contributed by atoms with Crippen molar-refractivity contribution in [2.24, 2.45) is 0 Å². The van der Waals surface area contributed by atoms with Crippen molar-refractivity contribution in [1.29, 1.82) is 0 Å². The molecule has 3 atom stereocenters. The molecule has 3 unspecified atom stereocenters. The number of unbranched alkanes of at least 4 members (excludes halogenated alkanes) is 4. The number of carbonyl (C=O) groups is 2. The number of rotatable bonds is 14. The number of allylic oxidation sites excluding steroid dienone is 1. The van der Waals surface area contributed by atoms with E-state index in [1.165, 1.54) is 0 Å². The zero-order valence-corrected chi connectivity index (χ0v) is 18.5. The molecule has 0 aliphatic heterocycles. The molecular weight excluding hydrogens is 337 g/mol. The van der Waals surface area contributed by atoms with Gasteiger partial charge in [0, 0.05) is 12.8 Å². The van der Waals surface area contributed by atoms with Crippen LogP contribution in [0.5, 0.6) is 0 Å². The SMILES string of the molecule is C=CCCCCCC[N+](CO)(C(CC)C(=O)[O-])C(CC)C(=O)O.[K+]. The number of hydrogen-bond acceptors (Lipinski definition) is 4. The number of hydrogen-bond donors (Lipinski definition) is 2. The van der Waals surface area contributed by atoms with Crippen molar-refractivity contribution < 1.29 is 80.8 Å². The molecule has 0 bridgehead atoms. The van der Waals surface area contributed by atoms with Crippen LogP contribution in [0.2, 0.25) is 0 Å². The number of aliphatic carboxylic acids is 2. The van der Waals surface area contributed by atoms with Crippen molar-refractivity contribution in [3.05, 3.63) is 12.7 Å². The van der Waals surface area contributed by atoms with Gasteiger partial charge in [-0.05, 0) is 25.7 Å². The van der Waals surface area contributed by atoms with Crippen LogP contribution in [0.15, 0.2) is 12.7 Å². The van der Waals surface area contributed by atoms with Crippen LogP contribution >= 0.6 is 0 Å². The van der Waals surface area contributed by atoms with E-state index in [0.29, 0.717) is 13.0 Å². The van der Waals surface area contributed by atoms with E-state index in [0.717, 1.165) is 25.7 Å². The minimum Gasteiger partial charge on any atom is -0.544 e. The Morgan fingerprint density at radius 2 is 1.67 bits per heavy atom. The van der Waals surface area contributed by atoms with Crippen molar-refractivity contribution in [3.63, 3.8) is 0 Å². The first-order chi connectivity index (χ1) is 10.9. The van der Waals surface area contributed by atoms with Crippen molar-refractivity contribution >= 4 is 11.9 Å². The number of nitrogens with zero attached hydrogens (tertiary/aromatic N) is 1. The van der Waals surface area contributed by atoms with Crippen LogP contribution in [-0.2, 0) is 9.59 Å². The summed E-state index contributed by atoms with van der Waals surface area (Å²) in [6.07, 6.45) is 6.80. The first-order valence-electron chi connectivity index (χ1n) is 8.43. The smallest absolute Gasteiger partial charge is 0.544 e. The van der Waals surface area contributed by atoms with Gasteiger partial charge in [-0.25, -0.2) is 4.79 Å². The van der Waals surface area contributed by atoms with E-state index in [9.17, 15) is 24.9 Å². The van der Waals surface area contributed by atoms with Gasteiger partial charge in [-0.15, -0.1) is 6.58 Å². The molecule has 6 nitrogen and oxygen atoms in total. The molecule has 7 heteroatoms. The van der Waals surface area contributed by atoms with Crippen LogP contribution in [0.3, 0.4) is 0 Å². The predicted octanol–water partition coefficient (Wildman–Crippen LogP) is -1.71. The maximum Gasteiger partial charge on any atom is 1.00 e. The van der Waals surface area contributed by atoms with E-state index in [-0.39, 0.29) is 68.7 Å². The zero-order valence-electron chi connectivity index (χ0n) is 15.4. The third-order valence-corrected chi connectivity index (χ3v) is 4.57. The van der Waals surface area contributed by atoms with Crippen LogP contribution in [0, 0.1) is 0 Å². The van der Waals surface area contributed by atoms with Gasteiger partial charge in [-0.2, -0.15) is 0 Å². The van der Waals surface area contributed by atoms with E-state index < -0.39 is 30.8 Å². The minimum atomic E-state index is -1.30. The molecular formula is C17H31KNO5+. The standard InChI is InChI=1S/C17H31NO5.K/c1-4-7-8-9-10-11-12-18(13-19,14(5-2)16(20)21)15(6-3)17(22)23;/h4,14-15,19H,1,5-13H2,2-3H3,(H-,20,21,22,23);/q;+1. The number of quaternary nitrogens is 1. The summed E-state index contributed by atoms with van der Waals surface area (Å²) in [7, 11) is 0. The van der Waals surface area contributed by atoms with E-state index in [1.807, 2.05) is 6.08 Å². The Morgan fingerprint density at radius 1 is 1.12 bits per heavy atom. The molecule has 24 heavy (non-hydrogen) atoms. The van der Waals surface area contributed by atoms with Crippen LogP contribution in [0.1, 0.15) is 58.8 Å². The van der Waals surface area contributed by atoms with Gasteiger partial charge in [0.25, 0.3) is 0 Å². The molecule has 0 aliphatic rings. The average molecular weight is 369 g/mol. The van der Waals surface area contributed by atoms with Gasteiger partial charge >= 0.3 is 57.4 Å². The fourth-order valence-corrected chi connectivity index (χ4v) is 3.34. The van der Waals surface area contributed by atoms with E-state index in [4.69, 9.17) is 0 Å². The molecule has 0 amide bonds. The van der Waals surface area contributed by atoms with Gasteiger partial charge in [0.2, 0.25) is 0 Å². The summed E-state index contributed by atoms with van der Waals surface area (Å²) >= 11 is 0. The van der Waals surface area contributed by atoms with Crippen LogP contribution < -0.4 is 56.5 Å². The van der Waals surface area contributed by atoms with Gasteiger partial charge < -0.3 is 20.1 Å². The maximum atomic E-state index is 11.6. The van der Waals surface area contributed by atoms with Crippen molar-refractivity contribution in [2.75, 3.05) is 13.3 Å². The largest absolute Gasteiger partial charge is 1.00 e. The molecule has 0 radical (unpaired) electrons. The molecule has 0 saturated carbocycles. The number of carbonyl (C=O) groups excluding carboxylic acids is 1. The van der Waals surface area contributed by atoms with Gasteiger partial charge in [-0.3, -0.25) is 4.48 Å². The minimum absolute atomic E-state index is 0. The number of carboxylic acid groups (broad SMARTS) is 2. The van der Waals surface area contributed by atoms with E-state index >= 15 is 0 Å². The first kappa shape index (κ1) is 26.5.